The third-order valence-electron chi connectivity index (χ3n) is 3.28. The number of benzene rings is 1. The number of thioether (sulfide) groups is 2. The van der Waals surface area contributed by atoms with Gasteiger partial charge in [-0.05, 0) is 17.7 Å². The van der Waals surface area contributed by atoms with Gasteiger partial charge in [0.15, 0.2) is 0 Å². The van der Waals surface area contributed by atoms with Crippen LogP contribution in [0.1, 0.15) is 26.9 Å². The van der Waals surface area contributed by atoms with Crippen LogP contribution in [-0.2, 0) is 9.53 Å². The quantitative estimate of drug-likeness (QED) is 0.793. The number of hydrogen-bond donors (Lipinski definition) is 2. The predicted molar refractivity (Wildman–Crippen MR) is 89.5 cm³/mol. The Labute approximate surface area is 138 Å². The molecule has 0 aliphatic carbocycles. The largest absolute Gasteiger partial charge is 0.480 e. The van der Waals surface area contributed by atoms with Crippen molar-refractivity contribution < 1.29 is 19.4 Å². The van der Waals surface area contributed by atoms with Gasteiger partial charge in [-0.25, -0.2) is 4.79 Å². The van der Waals surface area contributed by atoms with Gasteiger partial charge < -0.3 is 15.2 Å². The average molecular weight is 341 g/mol. The van der Waals surface area contributed by atoms with Crippen molar-refractivity contribution in [2.75, 3.05) is 25.2 Å². The lowest BCUT2D eigenvalue weighted by atomic mass is 10.1. The van der Waals surface area contributed by atoms with Gasteiger partial charge in [-0.15, -0.1) is 23.5 Å². The monoisotopic (exact) mass is 341 g/mol. The molecule has 2 rings (SSSR count). The fourth-order valence-electron chi connectivity index (χ4n) is 2.08. The van der Waals surface area contributed by atoms with E-state index < -0.39 is 12.0 Å². The average Bonchev–Trinajstić information content (AvgIpc) is 3.05. The highest BCUT2D eigenvalue weighted by Crippen LogP contribution is 2.45. The van der Waals surface area contributed by atoms with Crippen molar-refractivity contribution in [3.8, 4) is 0 Å². The Bertz CT molecular complexity index is 515. The number of aliphatic carboxylic acids is 1. The van der Waals surface area contributed by atoms with Crippen molar-refractivity contribution in [2.24, 2.45) is 0 Å². The van der Waals surface area contributed by atoms with E-state index in [2.05, 4.69) is 5.32 Å². The molecular formula is C15H19NO4S2. The van der Waals surface area contributed by atoms with Gasteiger partial charge >= 0.3 is 5.97 Å². The molecule has 0 radical (unpaired) electrons. The van der Waals surface area contributed by atoms with Gasteiger partial charge in [-0.3, -0.25) is 4.79 Å². The maximum Gasteiger partial charge on any atom is 0.326 e. The lowest BCUT2D eigenvalue weighted by Crippen LogP contribution is -2.41. The Hall–Kier alpha value is -1.18. The summed E-state index contributed by atoms with van der Waals surface area (Å²) in [6, 6.07) is 6.44. The lowest BCUT2D eigenvalue weighted by molar-refractivity contribution is -0.139. The summed E-state index contributed by atoms with van der Waals surface area (Å²) in [5, 5.41) is 11.6. The molecule has 5 nitrogen and oxygen atoms in total. The van der Waals surface area contributed by atoms with Crippen LogP contribution in [0.3, 0.4) is 0 Å². The van der Waals surface area contributed by atoms with Crippen LogP contribution in [0.25, 0.3) is 0 Å². The minimum Gasteiger partial charge on any atom is -0.480 e. The molecule has 1 aliphatic heterocycles. The molecule has 1 fully saturated rings. The van der Waals surface area contributed by atoms with Crippen LogP contribution in [-0.4, -0.2) is 48.2 Å². The predicted octanol–water partition coefficient (Wildman–Crippen LogP) is 2.38. The smallest absolute Gasteiger partial charge is 0.326 e. The molecule has 1 amide bonds. The topological polar surface area (TPSA) is 75.6 Å². The van der Waals surface area contributed by atoms with Crippen molar-refractivity contribution in [2.45, 2.75) is 17.0 Å². The number of nitrogens with one attached hydrogen (secondary N) is 1. The number of carbonyl (C=O) groups excluding carboxylic acids is 1. The van der Waals surface area contributed by atoms with E-state index in [0.29, 0.717) is 10.1 Å². The van der Waals surface area contributed by atoms with E-state index in [9.17, 15) is 9.59 Å². The zero-order valence-corrected chi connectivity index (χ0v) is 13.9. The normalized spacial score (nSPS) is 16.4. The molecule has 120 valence electrons. The Balaban J connectivity index is 1.97. The van der Waals surface area contributed by atoms with E-state index in [4.69, 9.17) is 9.84 Å². The zero-order chi connectivity index (χ0) is 15.9. The van der Waals surface area contributed by atoms with Gasteiger partial charge in [-0.1, -0.05) is 12.1 Å². The van der Waals surface area contributed by atoms with Crippen LogP contribution in [0.15, 0.2) is 24.3 Å². The maximum absolute atomic E-state index is 12.1. The third kappa shape index (κ3) is 4.66. The summed E-state index contributed by atoms with van der Waals surface area (Å²) in [6.45, 7) is 0.284. The summed E-state index contributed by atoms with van der Waals surface area (Å²) in [5.41, 5.74) is 1.67. The standard InChI is InChI=1S/C15H19NO4S2/c1-20-7-6-12(14(18)19)16-13(17)10-2-4-11(5-3-10)15-21-8-9-22-15/h2-5,12,15H,6-9H2,1H3,(H,16,17)(H,18,19). The highest BCUT2D eigenvalue weighted by molar-refractivity contribution is 8.19. The number of ether oxygens (including phenoxy) is 1. The van der Waals surface area contributed by atoms with E-state index in [1.165, 1.54) is 12.7 Å². The summed E-state index contributed by atoms with van der Waals surface area (Å²) < 4.78 is 5.30. The molecule has 1 aromatic carbocycles. The van der Waals surface area contributed by atoms with Gasteiger partial charge in [0.2, 0.25) is 0 Å². The molecule has 1 aromatic rings. The van der Waals surface area contributed by atoms with E-state index in [1.54, 1.807) is 12.1 Å². The molecule has 0 bridgehead atoms. The Kier molecular flexibility index (Phi) is 6.60. The summed E-state index contributed by atoms with van der Waals surface area (Å²) in [5.74, 6) is 0.872. The Morgan fingerprint density at radius 2 is 1.95 bits per heavy atom. The number of rotatable bonds is 7. The molecule has 1 unspecified atom stereocenters. The molecule has 7 heteroatoms. The first kappa shape index (κ1) is 17.2. The molecule has 0 spiro atoms. The second kappa shape index (κ2) is 8.45. The van der Waals surface area contributed by atoms with Crippen molar-refractivity contribution in [1.29, 1.82) is 0 Å². The SMILES string of the molecule is COCCC(NC(=O)c1ccc(C2SCCS2)cc1)C(=O)O. The molecule has 0 aromatic heterocycles. The van der Waals surface area contributed by atoms with Crippen molar-refractivity contribution in [3.05, 3.63) is 35.4 Å². The highest BCUT2D eigenvalue weighted by Gasteiger charge is 2.21. The van der Waals surface area contributed by atoms with Crippen LogP contribution in [0.4, 0.5) is 0 Å². The van der Waals surface area contributed by atoms with E-state index >= 15 is 0 Å². The van der Waals surface area contributed by atoms with Gasteiger partial charge in [0.05, 0.1) is 4.58 Å². The van der Waals surface area contributed by atoms with E-state index in [1.807, 2.05) is 35.7 Å². The fraction of sp³-hybridized carbons (Fsp3) is 0.467. The molecule has 2 N–H and O–H groups in total. The third-order valence-corrected chi connectivity index (χ3v) is 6.39. The number of carboxylic acids is 1. The van der Waals surface area contributed by atoms with Gasteiger partial charge in [0.1, 0.15) is 6.04 Å². The van der Waals surface area contributed by atoms with E-state index in [-0.39, 0.29) is 18.9 Å². The molecule has 1 saturated heterocycles. The zero-order valence-electron chi connectivity index (χ0n) is 12.3. The summed E-state index contributed by atoms with van der Waals surface area (Å²) >= 11 is 3.81. The lowest BCUT2D eigenvalue weighted by Gasteiger charge is -2.14. The second-order valence-electron chi connectivity index (χ2n) is 4.84. The first-order valence-electron chi connectivity index (χ1n) is 6.97. The second-order valence-corrected chi connectivity index (χ2v) is 7.57. The van der Waals surface area contributed by atoms with Crippen molar-refractivity contribution in [3.63, 3.8) is 0 Å². The van der Waals surface area contributed by atoms with E-state index in [0.717, 1.165) is 11.5 Å². The Morgan fingerprint density at radius 3 is 2.50 bits per heavy atom. The molecule has 0 saturated carbocycles. The van der Waals surface area contributed by atoms with Crippen molar-refractivity contribution >= 4 is 35.4 Å². The van der Waals surface area contributed by atoms with Crippen LogP contribution < -0.4 is 5.32 Å². The molecule has 22 heavy (non-hydrogen) atoms. The van der Waals surface area contributed by atoms with Crippen LogP contribution in [0.5, 0.6) is 0 Å². The molecular weight excluding hydrogens is 322 g/mol. The first-order valence-corrected chi connectivity index (χ1v) is 9.07. The van der Waals surface area contributed by atoms with Gasteiger partial charge in [0, 0.05) is 37.2 Å². The van der Waals surface area contributed by atoms with Crippen LogP contribution in [0, 0.1) is 0 Å². The maximum atomic E-state index is 12.1. The van der Waals surface area contributed by atoms with Crippen LogP contribution >= 0.6 is 23.5 Å². The summed E-state index contributed by atoms with van der Waals surface area (Å²) in [4.78, 5) is 23.3. The Morgan fingerprint density at radius 1 is 1.32 bits per heavy atom. The number of methoxy groups -OCH3 is 1. The summed E-state index contributed by atoms with van der Waals surface area (Å²) in [7, 11) is 1.50. The highest BCUT2D eigenvalue weighted by atomic mass is 32.2. The van der Waals surface area contributed by atoms with Gasteiger partial charge in [0.25, 0.3) is 5.91 Å². The molecule has 1 atom stereocenters. The van der Waals surface area contributed by atoms with Crippen LogP contribution in [0.2, 0.25) is 0 Å². The summed E-state index contributed by atoms with van der Waals surface area (Å²) in [6.07, 6.45) is 0.241. The van der Waals surface area contributed by atoms with Crippen molar-refractivity contribution in [1.82, 2.24) is 5.32 Å². The minimum atomic E-state index is -1.05. The van der Waals surface area contributed by atoms with Gasteiger partial charge in [-0.2, -0.15) is 0 Å². The molecule has 1 aliphatic rings. The number of carbonyl (C=O) groups is 2. The number of hydrogen-bond acceptors (Lipinski definition) is 5. The molecule has 1 heterocycles. The number of amides is 1. The minimum absolute atomic E-state index is 0.241. The number of carboxylic acid groups (broad SMARTS) is 1. The fourth-order valence-corrected chi connectivity index (χ4v) is 4.94. The first-order chi connectivity index (χ1) is 10.6.